The largest absolute Gasteiger partial charge is 0.478 e. The molecule has 0 aromatic heterocycles. The first kappa shape index (κ1) is 14.0. The highest BCUT2D eigenvalue weighted by Crippen LogP contribution is 2.26. The molecule has 0 saturated heterocycles. The summed E-state index contributed by atoms with van der Waals surface area (Å²) in [5.41, 5.74) is -1.02. The van der Waals surface area contributed by atoms with Gasteiger partial charge in [-0.2, -0.15) is 8.42 Å². The minimum absolute atomic E-state index is 0.0580. The first-order chi connectivity index (χ1) is 9.21. The molecule has 2 aromatic rings. The van der Waals surface area contributed by atoms with E-state index in [0.29, 0.717) is 0 Å². The highest BCUT2D eigenvalue weighted by molar-refractivity contribution is 7.86. The lowest BCUT2D eigenvalue weighted by Crippen LogP contribution is -2.09. The molecule has 0 bridgehead atoms. The lowest BCUT2D eigenvalue weighted by atomic mass is 10.0. The maximum atomic E-state index is 11.2. The Morgan fingerprint density at radius 2 is 1.50 bits per heavy atom. The molecule has 0 heterocycles. The van der Waals surface area contributed by atoms with E-state index in [4.69, 9.17) is 14.8 Å². The van der Waals surface area contributed by atoms with Crippen molar-refractivity contribution in [3.05, 3.63) is 41.5 Å². The molecule has 7 nitrogen and oxygen atoms in total. The van der Waals surface area contributed by atoms with Crippen LogP contribution in [0.25, 0.3) is 10.8 Å². The van der Waals surface area contributed by atoms with Crippen LogP contribution in [-0.4, -0.2) is 35.1 Å². The van der Waals surface area contributed by atoms with E-state index >= 15 is 0 Å². The van der Waals surface area contributed by atoms with Crippen LogP contribution in [-0.2, 0) is 10.1 Å². The normalized spacial score (nSPS) is 11.4. The third kappa shape index (κ3) is 2.33. The van der Waals surface area contributed by atoms with Gasteiger partial charge in [0, 0.05) is 5.39 Å². The van der Waals surface area contributed by atoms with E-state index in [2.05, 4.69) is 0 Å². The van der Waals surface area contributed by atoms with Gasteiger partial charge in [-0.3, -0.25) is 4.55 Å². The number of benzene rings is 2. The molecular weight excluding hydrogens is 288 g/mol. The molecule has 0 atom stereocenters. The average molecular weight is 296 g/mol. The molecule has 0 spiro atoms. The number of hydrogen-bond acceptors (Lipinski definition) is 4. The fourth-order valence-electron chi connectivity index (χ4n) is 1.88. The average Bonchev–Trinajstić information content (AvgIpc) is 2.34. The predicted octanol–water partition coefficient (Wildman–Crippen LogP) is 1.48. The Morgan fingerprint density at radius 1 is 0.950 bits per heavy atom. The minimum Gasteiger partial charge on any atom is -0.478 e. The Balaban J connectivity index is 2.96. The molecule has 0 aliphatic rings. The smallest absolute Gasteiger partial charge is 0.336 e. The first-order valence-corrected chi connectivity index (χ1v) is 6.66. The Hall–Kier alpha value is -2.45. The zero-order chi connectivity index (χ0) is 15.1. The van der Waals surface area contributed by atoms with Crippen LogP contribution in [0.4, 0.5) is 0 Å². The third-order valence-corrected chi connectivity index (χ3v) is 3.63. The summed E-state index contributed by atoms with van der Waals surface area (Å²) < 4.78 is 31.6. The van der Waals surface area contributed by atoms with Crippen LogP contribution in [0.1, 0.15) is 20.7 Å². The summed E-state index contributed by atoms with van der Waals surface area (Å²) in [6.45, 7) is 0. The zero-order valence-electron chi connectivity index (χ0n) is 9.77. The number of aromatic carboxylic acids is 2. The van der Waals surface area contributed by atoms with E-state index in [1.807, 2.05) is 0 Å². The number of hydrogen-bond donors (Lipinski definition) is 3. The van der Waals surface area contributed by atoms with Crippen molar-refractivity contribution in [3.8, 4) is 0 Å². The number of fused-ring (bicyclic) bond motifs is 1. The summed E-state index contributed by atoms with van der Waals surface area (Å²) in [4.78, 5) is 21.6. The van der Waals surface area contributed by atoms with Crippen molar-refractivity contribution in [2.24, 2.45) is 0 Å². The number of rotatable bonds is 3. The summed E-state index contributed by atoms with van der Waals surface area (Å²) in [5.74, 6) is -2.95. The topological polar surface area (TPSA) is 129 Å². The van der Waals surface area contributed by atoms with E-state index < -0.39 is 38.1 Å². The van der Waals surface area contributed by atoms with Crippen LogP contribution >= 0.6 is 0 Å². The van der Waals surface area contributed by atoms with Gasteiger partial charge in [0.15, 0.2) is 0 Å². The van der Waals surface area contributed by atoms with Crippen molar-refractivity contribution < 1.29 is 32.8 Å². The predicted molar refractivity (Wildman–Crippen MR) is 67.7 cm³/mol. The second-order valence-corrected chi connectivity index (χ2v) is 5.35. The van der Waals surface area contributed by atoms with Crippen LogP contribution in [0.5, 0.6) is 0 Å². The van der Waals surface area contributed by atoms with Crippen LogP contribution in [0.15, 0.2) is 35.2 Å². The maximum Gasteiger partial charge on any atom is 0.336 e. The number of carbonyl (C=O) groups is 2. The van der Waals surface area contributed by atoms with Gasteiger partial charge in [0.25, 0.3) is 10.1 Å². The number of carboxylic acids is 2. The van der Waals surface area contributed by atoms with Gasteiger partial charge in [0.05, 0.1) is 11.1 Å². The van der Waals surface area contributed by atoms with Crippen LogP contribution in [0.2, 0.25) is 0 Å². The lowest BCUT2D eigenvalue weighted by molar-refractivity contribution is 0.0652. The maximum absolute atomic E-state index is 11.2. The van der Waals surface area contributed by atoms with Crippen molar-refractivity contribution in [3.63, 3.8) is 0 Å². The molecule has 0 saturated carbocycles. The monoisotopic (exact) mass is 296 g/mol. The Labute approximate surface area is 112 Å². The molecule has 2 rings (SSSR count). The van der Waals surface area contributed by atoms with Crippen molar-refractivity contribution >= 4 is 32.8 Å². The summed E-state index contributed by atoms with van der Waals surface area (Å²) in [6, 6.07) is 5.81. The molecular formula is C12H8O7S. The number of carboxylic acid groups (broad SMARTS) is 2. The fraction of sp³-hybridized carbons (Fsp3) is 0. The van der Waals surface area contributed by atoms with Gasteiger partial charge in [-0.05, 0) is 23.6 Å². The van der Waals surface area contributed by atoms with E-state index in [1.54, 1.807) is 0 Å². The molecule has 0 unspecified atom stereocenters. The first-order valence-electron chi connectivity index (χ1n) is 5.22. The second kappa shape index (κ2) is 4.58. The molecule has 104 valence electrons. The summed E-state index contributed by atoms with van der Waals surface area (Å²) in [7, 11) is -4.55. The third-order valence-electron chi connectivity index (χ3n) is 2.72. The summed E-state index contributed by atoms with van der Waals surface area (Å²) in [6.07, 6.45) is 0. The Morgan fingerprint density at radius 3 is 2.00 bits per heavy atom. The molecule has 0 aliphatic carbocycles. The van der Waals surface area contributed by atoms with Gasteiger partial charge in [-0.1, -0.05) is 12.1 Å². The van der Waals surface area contributed by atoms with Gasteiger partial charge in [0.2, 0.25) is 0 Å². The molecule has 20 heavy (non-hydrogen) atoms. The van der Waals surface area contributed by atoms with Gasteiger partial charge in [-0.25, -0.2) is 9.59 Å². The molecule has 2 aromatic carbocycles. The SMILES string of the molecule is O=C(O)c1cc2cccc(S(=O)(=O)O)c2cc1C(=O)O. The van der Waals surface area contributed by atoms with Crippen molar-refractivity contribution in [1.29, 1.82) is 0 Å². The Bertz CT molecular complexity index is 836. The van der Waals surface area contributed by atoms with Crippen LogP contribution in [0.3, 0.4) is 0 Å². The lowest BCUT2D eigenvalue weighted by Gasteiger charge is -2.07. The van der Waals surface area contributed by atoms with E-state index in [1.165, 1.54) is 12.1 Å². The Kier molecular flexibility index (Phi) is 3.20. The highest BCUT2D eigenvalue weighted by Gasteiger charge is 2.20. The molecule has 8 heteroatoms. The molecule has 0 fully saturated rings. The highest BCUT2D eigenvalue weighted by atomic mass is 32.2. The van der Waals surface area contributed by atoms with Gasteiger partial charge in [0.1, 0.15) is 4.90 Å². The molecule has 0 amide bonds. The van der Waals surface area contributed by atoms with Gasteiger partial charge >= 0.3 is 11.9 Å². The van der Waals surface area contributed by atoms with Gasteiger partial charge in [-0.15, -0.1) is 0 Å². The molecule has 3 N–H and O–H groups in total. The standard InChI is InChI=1S/C12H8O7S/c13-11(14)8-4-6-2-1-3-10(20(17,18)19)7(6)5-9(8)12(15)16/h1-5H,(H,13,14)(H,15,16)(H,17,18,19). The van der Waals surface area contributed by atoms with Crippen molar-refractivity contribution in [2.75, 3.05) is 0 Å². The summed E-state index contributed by atoms with van der Waals surface area (Å²) in [5, 5.41) is 18.1. The van der Waals surface area contributed by atoms with Crippen LogP contribution < -0.4 is 0 Å². The zero-order valence-corrected chi connectivity index (χ0v) is 10.6. The molecule has 0 radical (unpaired) electrons. The van der Waals surface area contributed by atoms with Crippen LogP contribution in [0, 0.1) is 0 Å². The van der Waals surface area contributed by atoms with Crippen molar-refractivity contribution in [1.82, 2.24) is 0 Å². The van der Waals surface area contributed by atoms with E-state index in [-0.39, 0.29) is 10.8 Å². The van der Waals surface area contributed by atoms with Crippen molar-refractivity contribution in [2.45, 2.75) is 4.90 Å². The van der Waals surface area contributed by atoms with E-state index in [9.17, 15) is 18.0 Å². The van der Waals surface area contributed by atoms with Gasteiger partial charge < -0.3 is 10.2 Å². The molecule has 0 aliphatic heterocycles. The quantitative estimate of drug-likeness (QED) is 0.731. The van der Waals surface area contributed by atoms with E-state index in [0.717, 1.165) is 18.2 Å². The minimum atomic E-state index is -4.55. The second-order valence-electron chi connectivity index (χ2n) is 3.96. The summed E-state index contributed by atoms with van der Waals surface area (Å²) >= 11 is 0. The fourth-order valence-corrected chi connectivity index (χ4v) is 2.58.